The maximum atomic E-state index is 11.8. The Morgan fingerprint density at radius 1 is 0.239 bits per heavy atom. The van der Waals surface area contributed by atoms with Gasteiger partial charge in [-0.2, -0.15) is 0 Å². The summed E-state index contributed by atoms with van der Waals surface area (Å²) < 4.78 is 0. The molecule has 0 heterocycles. The first-order valence-corrected chi connectivity index (χ1v) is 25.4. The van der Waals surface area contributed by atoms with Crippen LogP contribution in [0.15, 0.2) is 255 Å². The van der Waals surface area contributed by atoms with E-state index < -0.39 is 0 Å². The zero-order chi connectivity index (χ0) is 45.7. The average Bonchev–Trinajstić information content (AvgIpc) is 3.38. The first kappa shape index (κ1) is 47.9. The molecule has 0 atom stereocenters. The Balaban J connectivity index is 0.000000182. The fourth-order valence-electron chi connectivity index (χ4n) is 8.31. The standard InChI is InChI=1S/2C30H22O.C3H9P.W/c2*31-30-28(24-17-9-3-10-18-24)26(22-13-5-1-6-14-22)21-27(23-15-7-2-8-16-23)29(30)25-19-11-4-12-20-25;1-4(2)3;/h2*1-21,31H;1-3H3;/p+1. The molecule has 0 aromatic heterocycles. The summed E-state index contributed by atoms with van der Waals surface area (Å²) in [5.74, 6) is 0.607. The first-order valence-electron chi connectivity index (χ1n) is 22.4. The van der Waals surface area contributed by atoms with Crippen LogP contribution >= 0.6 is 7.92 Å². The van der Waals surface area contributed by atoms with Crippen molar-refractivity contribution in [3.05, 3.63) is 255 Å². The summed E-state index contributed by atoms with van der Waals surface area (Å²) in [5.41, 5.74) is 15.8. The molecule has 0 saturated carbocycles. The van der Waals surface area contributed by atoms with E-state index in [4.69, 9.17) is 0 Å². The zero-order valence-electron chi connectivity index (χ0n) is 38.1. The Morgan fingerprint density at radius 3 is 0.522 bits per heavy atom. The quantitative estimate of drug-likeness (QED) is 0.149. The third kappa shape index (κ3) is 11.5. The van der Waals surface area contributed by atoms with Gasteiger partial charge in [0.2, 0.25) is 0 Å². The summed E-state index contributed by atoms with van der Waals surface area (Å²) in [5, 5.41) is 23.6. The molecule has 10 aromatic rings. The predicted molar refractivity (Wildman–Crippen MR) is 286 cm³/mol. The maximum Gasteiger partial charge on any atom is 0.132 e. The number of hydrogen-bond acceptors (Lipinski definition) is 2. The fraction of sp³-hybridized carbons (Fsp3) is 0.0476. The van der Waals surface area contributed by atoms with E-state index in [9.17, 15) is 10.2 Å². The van der Waals surface area contributed by atoms with Crippen molar-refractivity contribution >= 4 is 7.92 Å². The molecule has 0 spiro atoms. The molecule has 0 amide bonds. The van der Waals surface area contributed by atoms with Crippen LogP contribution in [0.5, 0.6) is 11.5 Å². The van der Waals surface area contributed by atoms with Crippen molar-refractivity contribution < 1.29 is 31.3 Å². The van der Waals surface area contributed by atoms with Gasteiger partial charge >= 0.3 is 0 Å². The molecular formula is C63H54O2PW+. The Morgan fingerprint density at radius 2 is 0.373 bits per heavy atom. The molecule has 0 fully saturated rings. The first-order chi connectivity index (χ1) is 32.4. The molecule has 4 heteroatoms. The average molecular weight is 1060 g/mol. The molecule has 0 aliphatic rings. The summed E-state index contributed by atoms with van der Waals surface area (Å²) in [6.45, 7) is 6.81. The van der Waals surface area contributed by atoms with Crippen molar-refractivity contribution in [2.24, 2.45) is 0 Å². The molecule has 0 bridgehead atoms. The van der Waals surface area contributed by atoms with E-state index in [0.29, 0.717) is 11.5 Å². The van der Waals surface area contributed by atoms with Gasteiger partial charge in [0, 0.05) is 63.3 Å². The number of phenols is 2. The van der Waals surface area contributed by atoms with Gasteiger partial charge in [-0.15, -0.1) is 0 Å². The van der Waals surface area contributed by atoms with Crippen LogP contribution in [0.1, 0.15) is 0 Å². The minimum absolute atomic E-state index is 0. The molecule has 10 aromatic carbocycles. The fourth-order valence-corrected chi connectivity index (χ4v) is 8.31. The van der Waals surface area contributed by atoms with E-state index in [-0.39, 0.29) is 29.0 Å². The topological polar surface area (TPSA) is 40.5 Å². The second kappa shape index (κ2) is 23.4. The minimum atomic E-state index is 0. The van der Waals surface area contributed by atoms with Crippen LogP contribution in [0.2, 0.25) is 0 Å². The molecular weight excluding hydrogens is 1000 g/mol. The van der Waals surface area contributed by atoms with Gasteiger partial charge in [-0.3, -0.25) is 0 Å². The van der Waals surface area contributed by atoms with E-state index in [1.165, 1.54) is 0 Å². The van der Waals surface area contributed by atoms with E-state index >= 15 is 0 Å². The van der Waals surface area contributed by atoms with Gasteiger partial charge < -0.3 is 10.2 Å². The molecule has 0 saturated heterocycles. The SMILES string of the molecule is C[PH+](C)C.Oc1c(-c2ccccc2)c(-c2ccccc2)cc(-c2ccccc2)c1-c1ccccc1.Oc1c(-c2ccccc2)c(-c2ccccc2)cc(-c2ccccc2)c1-c1ccccc1.[W]. The summed E-state index contributed by atoms with van der Waals surface area (Å²) in [4.78, 5) is 0. The summed E-state index contributed by atoms with van der Waals surface area (Å²) in [6, 6.07) is 86.1. The van der Waals surface area contributed by atoms with Crippen LogP contribution in [0.3, 0.4) is 0 Å². The Bertz CT molecular complexity index is 2660. The van der Waals surface area contributed by atoms with E-state index in [0.717, 1.165) is 89.0 Å². The van der Waals surface area contributed by atoms with E-state index in [1.807, 2.05) is 146 Å². The molecule has 67 heavy (non-hydrogen) atoms. The predicted octanol–water partition coefficient (Wildman–Crippen LogP) is 17.2. The second-order valence-electron chi connectivity index (χ2n) is 16.6. The van der Waals surface area contributed by atoms with E-state index in [2.05, 4.69) is 129 Å². The van der Waals surface area contributed by atoms with Gasteiger partial charge in [-0.05, 0) is 86.8 Å². The van der Waals surface area contributed by atoms with Crippen LogP contribution < -0.4 is 0 Å². The summed E-state index contributed by atoms with van der Waals surface area (Å²) in [7, 11) is 0.120. The number of rotatable bonds is 8. The molecule has 10 rings (SSSR count). The van der Waals surface area contributed by atoms with Crippen LogP contribution in [0, 0.1) is 0 Å². The van der Waals surface area contributed by atoms with Crippen molar-refractivity contribution in [2.45, 2.75) is 0 Å². The molecule has 0 unspecified atom stereocenters. The van der Waals surface area contributed by atoms with Crippen molar-refractivity contribution in [1.29, 1.82) is 0 Å². The van der Waals surface area contributed by atoms with Crippen LogP contribution in [0.25, 0.3) is 89.0 Å². The number of benzene rings is 10. The molecule has 0 radical (unpaired) electrons. The number of hydrogen-bond donors (Lipinski definition) is 2. The maximum absolute atomic E-state index is 11.8. The van der Waals surface area contributed by atoms with Crippen LogP contribution in [0.4, 0.5) is 0 Å². The van der Waals surface area contributed by atoms with Gasteiger partial charge in [0.05, 0.1) is 0 Å². The zero-order valence-corrected chi connectivity index (χ0v) is 42.0. The van der Waals surface area contributed by atoms with Crippen LogP contribution in [-0.4, -0.2) is 30.2 Å². The Hall–Kier alpha value is -7.08. The molecule has 2 nitrogen and oxygen atoms in total. The third-order valence-electron chi connectivity index (χ3n) is 11.2. The smallest absolute Gasteiger partial charge is 0.132 e. The Kier molecular flexibility index (Phi) is 16.7. The van der Waals surface area contributed by atoms with Gasteiger partial charge in [0.25, 0.3) is 0 Å². The molecule has 2 N–H and O–H groups in total. The van der Waals surface area contributed by atoms with Gasteiger partial charge in [0.15, 0.2) is 0 Å². The van der Waals surface area contributed by atoms with Crippen molar-refractivity contribution in [3.63, 3.8) is 0 Å². The van der Waals surface area contributed by atoms with Crippen molar-refractivity contribution in [2.75, 3.05) is 20.0 Å². The van der Waals surface area contributed by atoms with Gasteiger partial charge in [0.1, 0.15) is 11.5 Å². The Labute approximate surface area is 412 Å². The van der Waals surface area contributed by atoms with Crippen molar-refractivity contribution in [3.8, 4) is 101 Å². The largest absolute Gasteiger partial charge is 0.507 e. The summed E-state index contributed by atoms with van der Waals surface area (Å²) in [6.07, 6.45) is 0. The van der Waals surface area contributed by atoms with Gasteiger partial charge in [-0.25, -0.2) is 0 Å². The summed E-state index contributed by atoms with van der Waals surface area (Å²) >= 11 is 0. The van der Waals surface area contributed by atoms with Crippen LogP contribution in [-0.2, 0) is 21.1 Å². The number of phenolic OH excluding ortho intramolecular Hbond substituents is 2. The molecule has 0 aliphatic carbocycles. The molecule has 328 valence electrons. The molecule has 0 aliphatic heterocycles. The normalized spacial score (nSPS) is 10.4. The minimum Gasteiger partial charge on any atom is -0.507 e. The second-order valence-corrected chi connectivity index (χ2v) is 19.6. The van der Waals surface area contributed by atoms with E-state index in [1.54, 1.807) is 0 Å². The third-order valence-corrected chi connectivity index (χ3v) is 11.2. The van der Waals surface area contributed by atoms with Crippen molar-refractivity contribution in [1.82, 2.24) is 0 Å². The number of aromatic hydroxyl groups is 2. The monoisotopic (exact) mass is 1060 g/mol. The van der Waals surface area contributed by atoms with Gasteiger partial charge in [-0.1, -0.05) is 243 Å².